The summed E-state index contributed by atoms with van der Waals surface area (Å²) < 4.78 is 97.9. The zero-order chi connectivity index (χ0) is 27.1. The monoisotopic (exact) mass is 525 g/mol. The van der Waals surface area contributed by atoms with Crippen LogP contribution >= 0.6 is 0 Å². The van der Waals surface area contributed by atoms with Crippen molar-refractivity contribution < 1.29 is 40.3 Å². The van der Waals surface area contributed by atoms with E-state index in [1.807, 2.05) is 5.32 Å². The summed E-state index contributed by atoms with van der Waals surface area (Å²) in [5.74, 6) is -7.56. The lowest BCUT2D eigenvalue weighted by Gasteiger charge is -2.13. The predicted octanol–water partition coefficient (Wildman–Crippen LogP) is 4.86. The molecule has 0 aliphatic carbocycles. The maximum absolute atomic E-state index is 15.2. The number of benzene rings is 2. The number of imidazole rings is 1. The molecule has 0 spiro atoms. The van der Waals surface area contributed by atoms with Crippen molar-refractivity contribution in [2.45, 2.75) is 19.6 Å². The Morgan fingerprint density at radius 3 is 2.38 bits per heavy atom. The molecule has 0 radical (unpaired) electrons. The molecule has 0 aliphatic rings. The van der Waals surface area contributed by atoms with E-state index in [1.54, 1.807) is 0 Å². The Morgan fingerprint density at radius 2 is 1.70 bits per heavy atom. The van der Waals surface area contributed by atoms with Crippen molar-refractivity contribution in [2.75, 3.05) is 5.32 Å². The number of amides is 2. The highest BCUT2D eigenvalue weighted by molar-refractivity contribution is 5.96. The van der Waals surface area contributed by atoms with Gasteiger partial charge in [0.2, 0.25) is 5.91 Å². The van der Waals surface area contributed by atoms with Gasteiger partial charge in [0.1, 0.15) is 11.6 Å². The minimum absolute atomic E-state index is 0.0826. The molecule has 0 bridgehead atoms. The second-order valence-corrected chi connectivity index (χ2v) is 7.72. The van der Waals surface area contributed by atoms with Crippen LogP contribution in [0.1, 0.15) is 28.4 Å². The number of carbonyl (C=O) groups is 2. The molecule has 7 nitrogen and oxygen atoms in total. The highest BCUT2D eigenvalue weighted by Crippen LogP contribution is 2.31. The second kappa shape index (κ2) is 9.52. The molecule has 2 aromatic heterocycles. The van der Waals surface area contributed by atoms with Crippen LogP contribution in [0.25, 0.3) is 16.9 Å². The molecule has 2 N–H and O–H groups in total. The van der Waals surface area contributed by atoms with Gasteiger partial charge in [-0.05, 0) is 36.4 Å². The zero-order valence-electron chi connectivity index (χ0n) is 18.6. The van der Waals surface area contributed by atoms with Crippen LogP contribution in [0.4, 0.5) is 36.6 Å². The Hall–Kier alpha value is -4.49. The number of hydrogen-bond donors (Lipinski definition) is 2. The summed E-state index contributed by atoms with van der Waals surface area (Å²) in [7, 11) is 0. The topological polar surface area (TPSA) is 88.4 Å². The molecule has 0 fully saturated rings. The van der Waals surface area contributed by atoms with Crippen molar-refractivity contribution in [1.82, 2.24) is 19.9 Å². The lowest BCUT2D eigenvalue weighted by atomic mass is 10.0. The molecule has 14 heteroatoms. The zero-order valence-corrected chi connectivity index (χ0v) is 18.6. The summed E-state index contributed by atoms with van der Waals surface area (Å²) in [4.78, 5) is 27.8. The lowest BCUT2D eigenvalue weighted by molar-refractivity contribution is -0.137. The van der Waals surface area contributed by atoms with Crippen LogP contribution in [0.5, 0.6) is 0 Å². The molecule has 0 unspecified atom stereocenters. The third kappa shape index (κ3) is 5.22. The summed E-state index contributed by atoms with van der Waals surface area (Å²) in [6, 6.07) is 4.15. The molecule has 0 atom stereocenters. The number of alkyl halides is 3. The van der Waals surface area contributed by atoms with E-state index in [2.05, 4.69) is 15.4 Å². The predicted molar refractivity (Wildman–Crippen MR) is 115 cm³/mol. The molecular formula is C23H14F7N5O2. The van der Waals surface area contributed by atoms with E-state index in [0.717, 1.165) is 10.6 Å². The smallest absolute Gasteiger partial charge is 0.348 e. The molecule has 4 aromatic rings. The summed E-state index contributed by atoms with van der Waals surface area (Å²) in [5, 5.41) is 8.34. The Labute approximate surface area is 202 Å². The number of fused-ring (bicyclic) bond motifs is 1. The quantitative estimate of drug-likeness (QED) is 0.288. The third-order valence-corrected chi connectivity index (χ3v) is 5.09. The van der Waals surface area contributed by atoms with Gasteiger partial charge >= 0.3 is 6.18 Å². The standard InChI is InChI=1S/C23H14F7N5O2/c1-10(36)32-17-9-35-18(33-17)5-4-16(34-35)19-20(26)13(7-15(25)21(19)27)22(37)31-8-11-6-12(23(28,29)30)2-3-14(11)24/h2-7,9H,8H2,1H3,(H,31,37)(H,32,36). The summed E-state index contributed by atoms with van der Waals surface area (Å²) in [5.41, 5.74) is -4.01. The summed E-state index contributed by atoms with van der Waals surface area (Å²) in [6.45, 7) is 0.432. The number of hydrogen-bond acceptors (Lipinski definition) is 4. The highest BCUT2D eigenvalue weighted by Gasteiger charge is 2.31. The third-order valence-electron chi connectivity index (χ3n) is 5.09. The van der Waals surface area contributed by atoms with Gasteiger partial charge in [-0.25, -0.2) is 27.1 Å². The van der Waals surface area contributed by atoms with Crippen LogP contribution in [-0.2, 0) is 17.5 Å². The van der Waals surface area contributed by atoms with Crippen molar-refractivity contribution >= 4 is 23.3 Å². The van der Waals surface area contributed by atoms with E-state index in [0.29, 0.717) is 18.2 Å². The van der Waals surface area contributed by atoms with Gasteiger partial charge in [0.15, 0.2) is 23.1 Å². The minimum atomic E-state index is -4.78. The van der Waals surface area contributed by atoms with Gasteiger partial charge in [-0.1, -0.05) is 0 Å². The molecule has 4 rings (SSSR count). The number of halogens is 7. The van der Waals surface area contributed by atoms with Crippen molar-refractivity contribution in [2.24, 2.45) is 0 Å². The molecular weight excluding hydrogens is 511 g/mol. The van der Waals surface area contributed by atoms with Crippen LogP contribution in [0.3, 0.4) is 0 Å². The SMILES string of the molecule is CC(=O)Nc1cn2nc(-c3c(F)c(F)cc(C(=O)NCc4cc(C(F)(F)F)ccc4F)c3F)ccc2n1. The van der Waals surface area contributed by atoms with Crippen LogP contribution in [0.2, 0.25) is 0 Å². The van der Waals surface area contributed by atoms with E-state index >= 15 is 4.39 Å². The maximum atomic E-state index is 15.2. The van der Waals surface area contributed by atoms with Gasteiger partial charge in [0.25, 0.3) is 5.91 Å². The first kappa shape index (κ1) is 25.6. The minimum Gasteiger partial charge on any atom is -0.348 e. The van der Waals surface area contributed by atoms with Crippen molar-refractivity contribution in [3.63, 3.8) is 0 Å². The summed E-state index contributed by atoms with van der Waals surface area (Å²) >= 11 is 0. The molecule has 192 valence electrons. The second-order valence-electron chi connectivity index (χ2n) is 7.72. The number of carbonyl (C=O) groups excluding carboxylic acids is 2. The molecule has 0 saturated heterocycles. The van der Waals surface area contributed by atoms with Gasteiger partial charge in [-0.15, -0.1) is 0 Å². The van der Waals surface area contributed by atoms with Gasteiger partial charge in [0.05, 0.1) is 28.6 Å². The highest BCUT2D eigenvalue weighted by atomic mass is 19.4. The Morgan fingerprint density at radius 1 is 0.973 bits per heavy atom. The largest absolute Gasteiger partial charge is 0.416 e. The van der Waals surface area contributed by atoms with E-state index < -0.39 is 75.8 Å². The molecule has 37 heavy (non-hydrogen) atoms. The molecule has 2 aromatic carbocycles. The van der Waals surface area contributed by atoms with Crippen molar-refractivity contribution in [3.05, 3.63) is 82.6 Å². The molecule has 2 amide bonds. The fraction of sp³-hybridized carbons (Fsp3) is 0.130. The van der Waals surface area contributed by atoms with Crippen LogP contribution in [-0.4, -0.2) is 26.4 Å². The number of nitrogens with one attached hydrogen (secondary N) is 2. The fourth-order valence-corrected chi connectivity index (χ4v) is 3.41. The van der Waals surface area contributed by atoms with Gasteiger partial charge in [-0.2, -0.15) is 18.3 Å². The first-order valence-electron chi connectivity index (χ1n) is 10.3. The van der Waals surface area contributed by atoms with Crippen LogP contribution in [0.15, 0.2) is 42.6 Å². The van der Waals surface area contributed by atoms with Crippen LogP contribution in [0, 0.1) is 23.3 Å². The van der Waals surface area contributed by atoms with Crippen LogP contribution < -0.4 is 10.6 Å². The van der Waals surface area contributed by atoms with Gasteiger partial charge in [-0.3, -0.25) is 9.59 Å². The number of anilines is 1. The van der Waals surface area contributed by atoms with Crippen molar-refractivity contribution in [3.8, 4) is 11.3 Å². The van der Waals surface area contributed by atoms with E-state index in [9.17, 15) is 35.9 Å². The lowest BCUT2D eigenvalue weighted by Crippen LogP contribution is -2.25. The number of nitrogens with zero attached hydrogens (tertiary/aromatic N) is 3. The Bertz CT molecular complexity index is 1550. The Balaban J connectivity index is 1.66. The maximum Gasteiger partial charge on any atom is 0.416 e. The van der Waals surface area contributed by atoms with Gasteiger partial charge < -0.3 is 10.6 Å². The molecule has 0 saturated carbocycles. The number of rotatable bonds is 5. The molecule has 2 heterocycles. The van der Waals surface area contributed by atoms with E-state index in [4.69, 9.17) is 0 Å². The molecule has 0 aliphatic heterocycles. The first-order chi connectivity index (χ1) is 17.3. The average Bonchev–Trinajstić information content (AvgIpc) is 3.21. The summed E-state index contributed by atoms with van der Waals surface area (Å²) in [6.07, 6.45) is -3.55. The average molecular weight is 525 g/mol. The number of aromatic nitrogens is 3. The fourth-order valence-electron chi connectivity index (χ4n) is 3.41. The normalized spacial score (nSPS) is 11.6. The van der Waals surface area contributed by atoms with E-state index in [-0.39, 0.29) is 17.5 Å². The first-order valence-corrected chi connectivity index (χ1v) is 10.3. The Kier molecular flexibility index (Phi) is 6.59. The van der Waals surface area contributed by atoms with Gasteiger partial charge in [0, 0.05) is 19.0 Å². The van der Waals surface area contributed by atoms with E-state index in [1.165, 1.54) is 19.2 Å². The van der Waals surface area contributed by atoms with Crippen molar-refractivity contribution in [1.29, 1.82) is 0 Å².